The molecule has 0 heterocycles. The van der Waals surface area contributed by atoms with Crippen LogP contribution < -0.4 is 4.74 Å². The van der Waals surface area contributed by atoms with E-state index in [1.165, 1.54) is 6.07 Å². The van der Waals surface area contributed by atoms with Crippen molar-refractivity contribution in [3.05, 3.63) is 65.0 Å². The fourth-order valence-corrected chi connectivity index (χ4v) is 2.40. The van der Waals surface area contributed by atoms with Gasteiger partial charge in [-0.15, -0.1) is 0 Å². The molecule has 0 atom stereocenters. The first kappa shape index (κ1) is 17.0. The van der Waals surface area contributed by atoms with E-state index in [9.17, 15) is 14.3 Å². The quantitative estimate of drug-likeness (QED) is 0.861. The molecule has 3 nitrogen and oxygen atoms in total. The summed E-state index contributed by atoms with van der Waals surface area (Å²) >= 11 is 0. The van der Waals surface area contributed by atoms with Gasteiger partial charge in [0.15, 0.2) is 11.6 Å². The van der Waals surface area contributed by atoms with E-state index < -0.39 is 17.2 Å². The summed E-state index contributed by atoms with van der Waals surface area (Å²) in [4.78, 5) is 11.2. The largest absolute Gasteiger partial charge is 0.486 e. The van der Waals surface area contributed by atoms with Crippen LogP contribution in [0.1, 0.15) is 30.5 Å². The van der Waals surface area contributed by atoms with E-state index in [0.717, 1.165) is 5.56 Å². The second kappa shape index (κ2) is 6.82. The maximum Gasteiger partial charge on any atom is 0.309 e. The van der Waals surface area contributed by atoms with Crippen LogP contribution in [-0.4, -0.2) is 11.1 Å². The second-order valence-corrected chi connectivity index (χ2v) is 6.36. The lowest BCUT2D eigenvalue weighted by atomic mass is 9.85. The van der Waals surface area contributed by atoms with Crippen molar-refractivity contribution < 1.29 is 19.0 Å². The van der Waals surface area contributed by atoms with Crippen LogP contribution in [0, 0.1) is 18.2 Å². The number of halogens is 1. The summed E-state index contributed by atoms with van der Waals surface area (Å²) in [6, 6.07) is 12.7. The molecule has 122 valence electrons. The van der Waals surface area contributed by atoms with Gasteiger partial charge in [-0.3, -0.25) is 4.79 Å². The summed E-state index contributed by atoms with van der Waals surface area (Å²) in [6.07, 6.45) is 0.263. The van der Waals surface area contributed by atoms with Gasteiger partial charge in [-0.1, -0.05) is 36.4 Å². The van der Waals surface area contributed by atoms with E-state index in [4.69, 9.17) is 4.74 Å². The lowest BCUT2D eigenvalue weighted by Crippen LogP contribution is -2.26. The summed E-state index contributed by atoms with van der Waals surface area (Å²) in [7, 11) is 0. The van der Waals surface area contributed by atoms with Crippen molar-refractivity contribution in [3.63, 3.8) is 0 Å². The van der Waals surface area contributed by atoms with Crippen molar-refractivity contribution in [3.8, 4) is 5.75 Å². The number of benzene rings is 2. The third kappa shape index (κ3) is 4.31. The summed E-state index contributed by atoms with van der Waals surface area (Å²) in [5, 5.41) is 9.19. The van der Waals surface area contributed by atoms with E-state index in [2.05, 4.69) is 0 Å². The number of aryl methyl sites for hydroxylation is 1. The predicted octanol–water partition coefficient (Wildman–Crippen LogP) is 4.37. The normalized spacial score (nSPS) is 11.3. The number of carboxylic acid groups (broad SMARTS) is 1. The number of ether oxygens (including phenoxy) is 1. The van der Waals surface area contributed by atoms with Gasteiger partial charge in [0.1, 0.15) is 6.61 Å². The molecule has 2 aromatic carbocycles. The van der Waals surface area contributed by atoms with Crippen LogP contribution in [0.2, 0.25) is 0 Å². The smallest absolute Gasteiger partial charge is 0.309 e. The zero-order chi connectivity index (χ0) is 17.0. The van der Waals surface area contributed by atoms with Gasteiger partial charge in [0.05, 0.1) is 5.41 Å². The molecule has 0 spiro atoms. The van der Waals surface area contributed by atoms with Gasteiger partial charge in [0.25, 0.3) is 0 Å². The van der Waals surface area contributed by atoms with E-state index in [1.54, 1.807) is 26.8 Å². The molecule has 0 unspecified atom stereocenters. The molecule has 4 heteroatoms. The van der Waals surface area contributed by atoms with Crippen LogP contribution in [0.15, 0.2) is 42.5 Å². The third-order valence-electron chi connectivity index (χ3n) is 3.74. The van der Waals surface area contributed by atoms with Gasteiger partial charge in [0, 0.05) is 0 Å². The second-order valence-electron chi connectivity index (χ2n) is 6.36. The van der Waals surface area contributed by atoms with Gasteiger partial charge in [0.2, 0.25) is 0 Å². The predicted molar refractivity (Wildman–Crippen MR) is 87.0 cm³/mol. The monoisotopic (exact) mass is 316 g/mol. The van der Waals surface area contributed by atoms with E-state index in [0.29, 0.717) is 17.7 Å². The highest BCUT2D eigenvalue weighted by Crippen LogP contribution is 2.29. The van der Waals surface area contributed by atoms with Crippen molar-refractivity contribution in [1.29, 1.82) is 0 Å². The van der Waals surface area contributed by atoms with Crippen molar-refractivity contribution in [1.82, 2.24) is 0 Å². The molecule has 0 bridgehead atoms. The Bertz CT molecular complexity index is 670. The van der Waals surface area contributed by atoms with Gasteiger partial charge >= 0.3 is 5.97 Å². The van der Waals surface area contributed by atoms with Crippen molar-refractivity contribution in [2.45, 2.75) is 33.8 Å². The molecule has 2 aromatic rings. The minimum absolute atomic E-state index is 0.214. The molecule has 0 fully saturated rings. The Hall–Kier alpha value is -2.36. The van der Waals surface area contributed by atoms with E-state index in [-0.39, 0.29) is 12.2 Å². The van der Waals surface area contributed by atoms with Gasteiger partial charge in [-0.25, -0.2) is 4.39 Å². The molecule has 0 saturated heterocycles. The highest BCUT2D eigenvalue weighted by atomic mass is 19.1. The topological polar surface area (TPSA) is 46.5 Å². The molecule has 0 aliphatic carbocycles. The van der Waals surface area contributed by atoms with Crippen molar-refractivity contribution >= 4 is 5.97 Å². The van der Waals surface area contributed by atoms with Crippen molar-refractivity contribution in [2.75, 3.05) is 0 Å². The average Bonchev–Trinajstić information content (AvgIpc) is 2.46. The lowest BCUT2D eigenvalue weighted by Gasteiger charge is -2.20. The maximum atomic E-state index is 14.3. The Labute approximate surface area is 135 Å². The zero-order valence-corrected chi connectivity index (χ0v) is 13.6. The molecule has 0 aliphatic rings. The van der Waals surface area contributed by atoms with Crippen LogP contribution in [0.4, 0.5) is 4.39 Å². The average molecular weight is 316 g/mol. The third-order valence-corrected chi connectivity index (χ3v) is 3.74. The molecule has 23 heavy (non-hydrogen) atoms. The Balaban J connectivity index is 2.16. The number of aliphatic carboxylic acids is 1. The number of rotatable bonds is 6. The number of hydrogen-bond donors (Lipinski definition) is 1. The summed E-state index contributed by atoms with van der Waals surface area (Å²) in [5.41, 5.74) is 1.34. The minimum Gasteiger partial charge on any atom is -0.486 e. The molecule has 0 radical (unpaired) electrons. The Kier molecular flexibility index (Phi) is 5.04. The zero-order valence-electron chi connectivity index (χ0n) is 13.6. The fraction of sp³-hybridized carbons (Fsp3) is 0.316. The Morgan fingerprint density at radius 3 is 2.39 bits per heavy atom. The van der Waals surface area contributed by atoms with E-state index in [1.807, 2.05) is 30.3 Å². The highest BCUT2D eigenvalue weighted by molar-refractivity contribution is 5.74. The molecule has 0 aliphatic heterocycles. The van der Waals surface area contributed by atoms with Crippen LogP contribution in [0.5, 0.6) is 5.75 Å². The Morgan fingerprint density at radius 2 is 1.83 bits per heavy atom. The SMILES string of the molecule is Cc1cc(CC(C)(C)C(=O)O)cc(F)c1OCc1ccccc1. The van der Waals surface area contributed by atoms with Crippen LogP contribution >= 0.6 is 0 Å². The van der Waals surface area contributed by atoms with Gasteiger partial charge < -0.3 is 9.84 Å². The number of carboxylic acids is 1. The van der Waals surface area contributed by atoms with Crippen LogP contribution in [0.25, 0.3) is 0 Å². The lowest BCUT2D eigenvalue weighted by molar-refractivity contribution is -0.146. The van der Waals surface area contributed by atoms with Crippen LogP contribution in [0.3, 0.4) is 0 Å². The van der Waals surface area contributed by atoms with Gasteiger partial charge in [-0.05, 0) is 49.9 Å². The van der Waals surface area contributed by atoms with Gasteiger partial charge in [-0.2, -0.15) is 0 Å². The molecular weight excluding hydrogens is 295 g/mol. The molecule has 2 rings (SSSR count). The molecule has 1 N–H and O–H groups in total. The molecule has 0 saturated carbocycles. The van der Waals surface area contributed by atoms with Crippen molar-refractivity contribution in [2.24, 2.45) is 5.41 Å². The Morgan fingerprint density at radius 1 is 1.17 bits per heavy atom. The number of hydrogen-bond acceptors (Lipinski definition) is 2. The molecular formula is C19H21FO3. The number of carbonyl (C=O) groups is 1. The van der Waals surface area contributed by atoms with Crippen LogP contribution in [-0.2, 0) is 17.8 Å². The minimum atomic E-state index is -0.939. The summed E-state index contributed by atoms with van der Waals surface area (Å²) < 4.78 is 19.9. The first-order valence-electron chi connectivity index (χ1n) is 7.49. The summed E-state index contributed by atoms with van der Waals surface area (Å²) in [5.74, 6) is -1.15. The first-order chi connectivity index (χ1) is 10.8. The highest BCUT2D eigenvalue weighted by Gasteiger charge is 2.28. The summed E-state index contributed by atoms with van der Waals surface area (Å²) in [6.45, 7) is 5.31. The first-order valence-corrected chi connectivity index (χ1v) is 7.49. The van der Waals surface area contributed by atoms with E-state index >= 15 is 0 Å². The molecule has 0 amide bonds. The maximum absolute atomic E-state index is 14.3. The fourth-order valence-electron chi connectivity index (χ4n) is 2.40. The molecule has 0 aromatic heterocycles. The standard InChI is InChI=1S/C19H21FO3/c1-13-9-15(11-19(2,3)18(21)22)10-16(20)17(13)23-12-14-7-5-4-6-8-14/h4-10H,11-12H2,1-3H3,(H,21,22).